The normalized spacial score (nSPS) is 23.9. The molecule has 162 valence electrons. The highest BCUT2D eigenvalue weighted by Crippen LogP contribution is 2.35. The molecule has 1 saturated heterocycles. The molecule has 1 aromatic rings. The number of rotatable bonds is 7. The van der Waals surface area contributed by atoms with Crippen molar-refractivity contribution in [1.29, 1.82) is 0 Å². The van der Waals surface area contributed by atoms with E-state index in [-0.39, 0.29) is 30.1 Å². The number of fused-ring (bicyclic) bond motifs is 1. The molecule has 0 aromatic heterocycles. The Morgan fingerprint density at radius 1 is 1.28 bits per heavy atom. The predicted molar refractivity (Wildman–Crippen MR) is 128 cm³/mol. The van der Waals surface area contributed by atoms with Gasteiger partial charge >= 0.3 is 0 Å². The van der Waals surface area contributed by atoms with Crippen molar-refractivity contribution in [3.8, 4) is 11.5 Å². The number of hydrogen-bond acceptors (Lipinski definition) is 4. The Labute approximate surface area is 191 Å². The minimum Gasteiger partial charge on any atom is -0.494 e. The van der Waals surface area contributed by atoms with Crippen LogP contribution in [0.1, 0.15) is 44.2 Å². The summed E-state index contributed by atoms with van der Waals surface area (Å²) in [6.07, 6.45) is 5.27. The first-order valence-corrected chi connectivity index (χ1v) is 10.8. The molecule has 4 rings (SSSR count). The fourth-order valence-corrected chi connectivity index (χ4v) is 4.35. The highest BCUT2D eigenvalue weighted by atomic mass is 127. The number of halogens is 1. The SMILES string of the molecule is CCOc1cc2c(cc1CNC(=NC)NCC1CCN(C3CC3)C1)OC(C)C2.I. The van der Waals surface area contributed by atoms with Gasteiger partial charge in [0.2, 0.25) is 0 Å². The topological polar surface area (TPSA) is 58.1 Å². The molecule has 0 radical (unpaired) electrons. The Morgan fingerprint density at radius 3 is 2.83 bits per heavy atom. The van der Waals surface area contributed by atoms with E-state index in [4.69, 9.17) is 9.47 Å². The molecule has 2 aliphatic heterocycles. The van der Waals surface area contributed by atoms with Crippen LogP contribution >= 0.6 is 24.0 Å². The number of benzene rings is 1. The predicted octanol–water partition coefficient (Wildman–Crippen LogP) is 3.18. The maximum atomic E-state index is 5.93. The van der Waals surface area contributed by atoms with E-state index in [2.05, 4.69) is 39.6 Å². The maximum absolute atomic E-state index is 5.93. The Kier molecular flexibility index (Phi) is 7.90. The third-order valence-corrected chi connectivity index (χ3v) is 5.99. The van der Waals surface area contributed by atoms with Crippen molar-refractivity contribution >= 4 is 29.9 Å². The van der Waals surface area contributed by atoms with Gasteiger partial charge in [-0.1, -0.05) is 0 Å². The molecule has 7 heteroatoms. The van der Waals surface area contributed by atoms with E-state index in [1.165, 1.54) is 37.9 Å². The summed E-state index contributed by atoms with van der Waals surface area (Å²) in [5.74, 6) is 3.50. The lowest BCUT2D eigenvalue weighted by Gasteiger charge is -2.18. The van der Waals surface area contributed by atoms with Gasteiger partial charge < -0.3 is 25.0 Å². The van der Waals surface area contributed by atoms with Gasteiger partial charge in [-0.25, -0.2) is 0 Å². The summed E-state index contributed by atoms with van der Waals surface area (Å²) in [6, 6.07) is 5.14. The number of hydrogen-bond donors (Lipinski definition) is 2. The second-order valence-corrected chi connectivity index (χ2v) is 8.32. The highest BCUT2D eigenvalue weighted by molar-refractivity contribution is 14.0. The van der Waals surface area contributed by atoms with E-state index in [1.807, 2.05) is 14.0 Å². The molecule has 3 aliphatic rings. The third kappa shape index (κ3) is 5.69. The first-order chi connectivity index (χ1) is 13.7. The summed E-state index contributed by atoms with van der Waals surface area (Å²) in [7, 11) is 1.83. The van der Waals surface area contributed by atoms with Crippen molar-refractivity contribution < 1.29 is 9.47 Å². The molecule has 2 atom stereocenters. The first kappa shape index (κ1) is 22.5. The molecule has 1 saturated carbocycles. The number of guanidine groups is 1. The average molecular weight is 514 g/mol. The number of nitrogens with zero attached hydrogens (tertiary/aromatic N) is 2. The molecule has 0 bridgehead atoms. The van der Waals surface area contributed by atoms with Gasteiger partial charge in [-0.2, -0.15) is 0 Å². The van der Waals surface area contributed by atoms with Crippen LogP contribution in [0.15, 0.2) is 17.1 Å². The molecule has 2 unspecified atom stereocenters. The van der Waals surface area contributed by atoms with Gasteiger partial charge in [0, 0.05) is 50.3 Å². The Morgan fingerprint density at radius 2 is 2.10 bits per heavy atom. The Bertz CT molecular complexity index is 723. The monoisotopic (exact) mass is 514 g/mol. The van der Waals surface area contributed by atoms with Crippen LogP contribution < -0.4 is 20.1 Å². The third-order valence-electron chi connectivity index (χ3n) is 5.99. The number of ether oxygens (including phenoxy) is 2. The van der Waals surface area contributed by atoms with Gasteiger partial charge in [0.15, 0.2) is 5.96 Å². The maximum Gasteiger partial charge on any atom is 0.191 e. The van der Waals surface area contributed by atoms with E-state index in [0.717, 1.165) is 42.0 Å². The van der Waals surface area contributed by atoms with Gasteiger partial charge in [-0.3, -0.25) is 4.99 Å². The fourth-order valence-electron chi connectivity index (χ4n) is 4.35. The lowest BCUT2D eigenvalue weighted by molar-refractivity contribution is 0.254. The van der Waals surface area contributed by atoms with Crippen LogP contribution in [0.2, 0.25) is 0 Å². The number of aliphatic imine (C=N–C) groups is 1. The van der Waals surface area contributed by atoms with Gasteiger partial charge in [-0.15, -0.1) is 24.0 Å². The van der Waals surface area contributed by atoms with E-state index < -0.39 is 0 Å². The van der Waals surface area contributed by atoms with Crippen molar-refractivity contribution in [2.45, 2.75) is 58.2 Å². The largest absolute Gasteiger partial charge is 0.494 e. The van der Waals surface area contributed by atoms with E-state index in [1.54, 1.807) is 0 Å². The van der Waals surface area contributed by atoms with E-state index in [0.29, 0.717) is 19.1 Å². The van der Waals surface area contributed by atoms with Crippen molar-refractivity contribution in [1.82, 2.24) is 15.5 Å². The van der Waals surface area contributed by atoms with Crippen LogP contribution in [0, 0.1) is 5.92 Å². The zero-order valence-corrected chi connectivity index (χ0v) is 20.2. The summed E-state index contributed by atoms with van der Waals surface area (Å²) in [6.45, 7) is 8.92. The van der Waals surface area contributed by atoms with Crippen molar-refractivity contribution in [2.24, 2.45) is 10.9 Å². The molecule has 0 amide bonds. The summed E-state index contributed by atoms with van der Waals surface area (Å²) in [5.41, 5.74) is 2.35. The molecule has 1 aliphatic carbocycles. The van der Waals surface area contributed by atoms with Crippen LogP contribution in [-0.2, 0) is 13.0 Å². The molecule has 2 N–H and O–H groups in total. The second-order valence-electron chi connectivity index (χ2n) is 8.32. The van der Waals surface area contributed by atoms with Gasteiger partial charge in [-0.05, 0) is 57.7 Å². The number of likely N-dealkylation sites (tertiary alicyclic amines) is 1. The molecule has 2 fully saturated rings. The molecule has 2 heterocycles. The molecule has 29 heavy (non-hydrogen) atoms. The lowest BCUT2D eigenvalue weighted by atomic mass is 10.1. The molecule has 6 nitrogen and oxygen atoms in total. The van der Waals surface area contributed by atoms with Crippen molar-refractivity contribution in [2.75, 3.05) is 33.3 Å². The minimum atomic E-state index is 0. The van der Waals surface area contributed by atoms with E-state index in [9.17, 15) is 0 Å². The van der Waals surface area contributed by atoms with Crippen LogP contribution in [0.5, 0.6) is 11.5 Å². The van der Waals surface area contributed by atoms with Crippen LogP contribution in [0.3, 0.4) is 0 Å². The van der Waals surface area contributed by atoms with Crippen molar-refractivity contribution in [3.05, 3.63) is 23.3 Å². The van der Waals surface area contributed by atoms with E-state index >= 15 is 0 Å². The molecular weight excluding hydrogens is 479 g/mol. The van der Waals surface area contributed by atoms with Gasteiger partial charge in [0.05, 0.1) is 6.61 Å². The zero-order valence-electron chi connectivity index (χ0n) is 17.9. The van der Waals surface area contributed by atoms with Gasteiger partial charge in [0.1, 0.15) is 17.6 Å². The molecular formula is C22H35IN4O2. The van der Waals surface area contributed by atoms with Crippen molar-refractivity contribution in [3.63, 3.8) is 0 Å². The standard InChI is InChI=1S/C22H34N4O2.HI/c1-4-27-20-10-17-9-15(2)28-21(17)11-18(20)13-25-22(23-3)24-12-16-7-8-26(14-16)19-5-6-19;/h10-11,15-16,19H,4-9,12-14H2,1-3H3,(H2,23,24,25);1H. The quantitative estimate of drug-likeness (QED) is 0.333. The summed E-state index contributed by atoms with van der Waals surface area (Å²) in [5, 5.41) is 6.96. The fraction of sp³-hybridized carbons (Fsp3) is 0.682. The Hall–Kier alpha value is -1.22. The van der Waals surface area contributed by atoms with Gasteiger partial charge in [0.25, 0.3) is 0 Å². The molecule has 0 spiro atoms. The van der Waals surface area contributed by atoms with Crippen LogP contribution in [-0.4, -0.2) is 56.3 Å². The summed E-state index contributed by atoms with van der Waals surface area (Å²) in [4.78, 5) is 7.05. The summed E-state index contributed by atoms with van der Waals surface area (Å²) >= 11 is 0. The smallest absolute Gasteiger partial charge is 0.191 e. The van der Waals surface area contributed by atoms with Crippen LogP contribution in [0.4, 0.5) is 0 Å². The average Bonchev–Trinajstić information content (AvgIpc) is 3.31. The second kappa shape index (κ2) is 10.2. The summed E-state index contributed by atoms with van der Waals surface area (Å²) < 4.78 is 11.8. The lowest BCUT2D eigenvalue weighted by Crippen LogP contribution is -2.40. The molecule has 1 aromatic carbocycles. The van der Waals surface area contributed by atoms with Crippen LogP contribution in [0.25, 0.3) is 0 Å². The Balaban J connectivity index is 0.00000240. The first-order valence-electron chi connectivity index (χ1n) is 10.8. The minimum absolute atomic E-state index is 0. The number of nitrogens with one attached hydrogen (secondary N) is 2. The zero-order chi connectivity index (χ0) is 19.5. The highest BCUT2D eigenvalue weighted by Gasteiger charge is 2.34.